The second-order valence-electron chi connectivity index (χ2n) is 8.82. The molecule has 0 spiro atoms. The molecule has 5 rings (SSSR count). The Labute approximate surface area is 206 Å². The number of fused-ring (bicyclic) bond motifs is 1. The van der Waals surface area contributed by atoms with Gasteiger partial charge in [0.05, 0.1) is 36.6 Å². The Kier molecular flexibility index (Phi) is 6.07. The van der Waals surface area contributed by atoms with Gasteiger partial charge in [0, 0.05) is 6.20 Å². The summed E-state index contributed by atoms with van der Waals surface area (Å²) in [5.74, 6) is -3.88. The molecule has 9 heteroatoms. The van der Waals surface area contributed by atoms with Gasteiger partial charge in [-0.3, -0.25) is 9.69 Å². The van der Waals surface area contributed by atoms with E-state index >= 15 is 0 Å². The number of allylic oxidation sites excluding steroid dienone is 1. The number of nitrogens with zero attached hydrogens (tertiary/aromatic N) is 3. The zero-order valence-electron chi connectivity index (χ0n) is 20.0. The molecule has 0 radical (unpaired) electrons. The highest BCUT2D eigenvalue weighted by Gasteiger charge is 2.40. The van der Waals surface area contributed by atoms with Crippen LogP contribution in [0.2, 0.25) is 0 Å². The summed E-state index contributed by atoms with van der Waals surface area (Å²) >= 11 is 0. The molecule has 0 bridgehead atoms. The van der Waals surface area contributed by atoms with Crippen LogP contribution in [-0.2, 0) is 9.53 Å². The van der Waals surface area contributed by atoms with Crippen LogP contribution in [-0.4, -0.2) is 33.6 Å². The molecule has 2 aromatic carbocycles. The van der Waals surface area contributed by atoms with E-state index in [9.17, 15) is 18.0 Å². The van der Waals surface area contributed by atoms with E-state index in [1.807, 2.05) is 35.9 Å². The predicted molar refractivity (Wildman–Crippen MR) is 127 cm³/mol. The summed E-state index contributed by atoms with van der Waals surface area (Å²) in [6.45, 7) is 3.69. The lowest BCUT2D eigenvalue weighted by Gasteiger charge is -2.43. The third kappa shape index (κ3) is 4.14. The maximum absolute atomic E-state index is 14.0. The second-order valence-corrected chi connectivity index (χ2v) is 8.82. The van der Waals surface area contributed by atoms with E-state index < -0.39 is 35.5 Å². The number of aryl methyl sites for hydroxylation is 1. The van der Waals surface area contributed by atoms with E-state index in [0.717, 1.165) is 23.5 Å². The lowest BCUT2D eigenvalue weighted by Crippen LogP contribution is -2.45. The zero-order valence-corrected chi connectivity index (χ0v) is 20.0. The van der Waals surface area contributed by atoms with Crippen molar-refractivity contribution in [2.45, 2.75) is 38.8 Å². The Hall–Kier alpha value is -4.01. The zero-order chi connectivity index (χ0) is 25.6. The van der Waals surface area contributed by atoms with Gasteiger partial charge in [-0.25, -0.2) is 18.2 Å². The average Bonchev–Trinajstić information content (AvgIpc) is 3.30. The highest BCUT2D eigenvalue weighted by molar-refractivity contribution is 5.98. The fourth-order valence-corrected chi connectivity index (χ4v) is 4.72. The number of hydrogen-bond donors (Lipinski definition) is 0. The van der Waals surface area contributed by atoms with E-state index in [1.165, 1.54) is 4.90 Å². The van der Waals surface area contributed by atoms with Gasteiger partial charge in [0.1, 0.15) is 11.9 Å². The number of carbonyl (C=O) groups is 1. The third-order valence-corrected chi connectivity index (χ3v) is 6.42. The molecule has 3 heterocycles. The number of rotatable bonds is 4. The van der Waals surface area contributed by atoms with Crippen LogP contribution in [0.15, 0.2) is 60.4 Å². The number of benzene rings is 2. The molecule has 2 atom stereocenters. The minimum atomic E-state index is -1.53. The van der Waals surface area contributed by atoms with Gasteiger partial charge in [-0.15, -0.1) is 0 Å². The van der Waals surface area contributed by atoms with Crippen molar-refractivity contribution >= 4 is 12.0 Å². The number of aromatic nitrogens is 2. The molecule has 186 valence electrons. The van der Waals surface area contributed by atoms with E-state index in [4.69, 9.17) is 9.47 Å². The van der Waals surface area contributed by atoms with Gasteiger partial charge in [-0.05, 0) is 68.2 Å². The van der Waals surface area contributed by atoms with Crippen LogP contribution >= 0.6 is 0 Å². The number of morpholine rings is 1. The first-order chi connectivity index (χ1) is 17.3. The molecule has 1 fully saturated rings. The van der Waals surface area contributed by atoms with Crippen LogP contribution < -0.4 is 4.74 Å². The Morgan fingerprint density at radius 1 is 1.17 bits per heavy atom. The monoisotopic (exact) mass is 495 g/mol. The van der Waals surface area contributed by atoms with Crippen LogP contribution in [0.4, 0.5) is 13.2 Å². The van der Waals surface area contributed by atoms with E-state index in [2.05, 4.69) is 4.98 Å². The fourth-order valence-electron chi connectivity index (χ4n) is 4.72. The SMILES string of the molecule is COc1cc(C=C2O[C@@H](C)C3=CCC[C@@H](c4cc(F)c(F)c(F)c4)N3C2=O)ccc1-n1cnc(C)c1. The number of halogens is 3. The molecular formula is C27H24F3N3O3. The van der Waals surface area contributed by atoms with E-state index in [1.54, 1.807) is 32.5 Å². The van der Waals surface area contributed by atoms with Crippen molar-refractivity contribution in [2.75, 3.05) is 7.11 Å². The number of amides is 1. The normalized spacial score (nSPS) is 20.7. The summed E-state index contributed by atoms with van der Waals surface area (Å²) in [6, 6.07) is 6.70. The lowest BCUT2D eigenvalue weighted by atomic mass is 9.93. The minimum Gasteiger partial charge on any atom is -0.495 e. The van der Waals surface area contributed by atoms with Crippen molar-refractivity contribution in [3.05, 3.63) is 94.7 Å². The van der Waals surface area contributed by atoms with Crippen molar-refractivity contribution in [3.63, 3.8) is 0 Å². The number of ether oxygens (including phenoxy) is 2. The van der Waals surface area contributed by atoms with Gasteiger partial charge in [0.15, 0.2) is 23.2 Å². The lowest BCUT2D eigenvalue weighted by molar-refractivity contribution is -0.137. The van der Waals surface area contributed by atoms with Gasteiger partial charge in [-0.2, -0.15) is 0 Å². The van der Waals surface area contributed by atoms with Gasteiger partial charge >= 0.3 is 0 Å². The fraction of sp³-hybridized carbons (Fsp3) is 0.259. The van der Waals surface area contributed by atoms with Gasteiger partial charge in [-0.1, -0.05) is 12.1 Å². The van der Waals surface area contributed by atoms with E-state index in [-0.39, 0.29) is 11.3 Å². The third-order valence-electron chi connectivity index (χ3n) is 6.42. The summed E-state index contributed by atoms with van der Waals surface area (Å²) in [6.07, 6.45) is 7.61. The van der Waals surface area contributed by atoms with Crippen molar-refractivity contribution in [1.29, 1.82) is 0 Å². The van der Waals surface area contributed by atoms with Crippen LogP contribution in [0.1, 0.15) is 42.6 Å². The van der Waals surface area contributed by atoms with Crippen molar-refractivity contribution in [2.24, 2.45) is 0 Å². The van der Waals surface area contributed by atoms with Crippen molar-refractivity contribution < 1.29 is 27.4 Å². The topological polar surface area (TPSA) is 56.6 Å². The molecule has 1 aromatic heterocycles. The Balaban J connectivity index is 1.51. The van der Waals surface area contributed by atoms with Crippen LogP contribution in [0.25, 0.3) is 11.8 Å². The highest BCUT2D eigenvalue weighted by Crippen LogP contribution is 2.41. The average molecular weight is 496 g/mol. The maximum atomic E-state index is 14.0. The Morgan fingerprint density at radius 3 is 2.58 bits per heavy atom. The van der Waals surface area contributed by atoms with E-state index in [0.29, 0.717) is 29.9 Å². The summed E-state index contributed by atoms with van der Waals surface area (Å²) in [4.78, 5) is 19.3. The number of hydrogen-bond acceptors (Lipinski definition) is 4. The maximum Gasteiger partial charge on any atom is 0.293 e. The molecule has 6 nitrogen and oxygen atoms in total. The molecule has 1 saturated heterocycles. The first-order valence-corrected chi connectivity index (χ1v) is 11.5. The van der Waals surface area contributed by atoms with Crippen LogP contribution in [0.5, 0.6) is 5.75 Å². The summed E-state index contributed by atoms with van der Waals surface area (Å²) in [7, 11) is 1.56. The van der Waals surface area contributed by atoms with Crippen LogP contribution in [0.3, 0.4) is 0 Å². The molecule has 1 amide bonds. The molecule has 2 aliphatic heterocycles. The molecule has 0 saturated carbocycles. The first-order valence-electron chi connectivity index (χ1n) is 11.5. The van der Waals surface area contributed by atoms with Crippen molar-refractivity contribution in [3.8, 4) is 11.4 Å². The van der Waals surface area contributed by atoms with Crippen LogP contribution in [0, 0.1) is 24.4 Å². The van der Waals surface area contributed by atoms with Gasteiger partial charge in [0.2, 0.25) is 0 Å². The predicted octanol–water partition coefficient (Wildman–Crippen LogP) is 5.61. The quantitative estimate of drug-likeness (QED) is 0.349. The Bertz CT molecular complexity index is 1390. The molecular weight excluding hydrogens is 471 g/mol. The highest BCUT2D eigenvalue weighted by atomic mass is 19.2. The largest absolute Gasteiger partial charge is 0.495 e. The first kappa shape index (κ1) is 23.7. The molecule has 3 aromatic rings. The number of carbonyl (C=O) groups excluding carboxylic acids is 1. The molecule has 0 aliphatic carbocycles. The number of methoxy groups -OCH3 is 1. The van der Waals surface area contributed by atoms with Crippen molar-refractivity contribution in [1.82, 2.24) is 14.5 Å². The second kappa shape index (κ2) is 9.22. The van der Waals surface area contributed by atoms with Gasteiger partial charge in [0.25, 0.3) is 5.91 Å². The smallest absolute Gasteiger partial charge is 0.293 e. The summed E-state index contributed by atoms with van der Waals surface area (Å²) < 4.78 is 54.9. The molecule has 0 N–H and O–H groups in total. The summed E-state index contributed by atoms with van der Waals surface area (Å²) in [5, 5.41) is 0. The molecule has 0 unspecified atom stereocenters. The van der Waals surface area contributed by atoms with Gasteiger partial charge < -0.3 is 14.0 Å². The molecule has 36 heavy (non-hydrogen) atoms. The minimum absolute atomic E-state index is 0.0860. The molecule has 2 aliphatic rings. The standard InChI is InChI=1S/C27H24F3N3O3/c1-15-13-32(14-31-15)23-8-7-17(9-24(23)35-3)10-25-27(34)33-21(16(2)36-25)5-4-6-22(33)18-11-19(28)26(30)20(29)12-18/h5,7-14,16,22H,4,6H2,1-3H3/t16-,22-/m0/s1. The Morgan fingerprint density at radius 2 is 1.92 bits per heavy atom. The number of imidazole rings is 1. The summed E-state index contributed by atoms with van der Waals surface area (Å²) in [5.41, 5.74) is 3.12.